The maximum absolute atomic E-state index is 12.2. The summed E-state index contributed by atoms with van der Waals surface area (Å²) in [4.78, 5) is 25.8. The molecule has 112 valence electrons. The van der Waals surface area contributed by atoms with Gasteiger partial charge in [-0.2, -0.15) is 0 Å². The van der Waals surface area contributed by atoms with Gasteiger partial charge in [-0.1, -0.05) is 42.5 Å². The number of carbonyl (C=O) groups is 2. The lowest BCUT2D eigenvalue weighted by Crippen LogP contribution is -2.31. The predicted molar refractivity (Wildman–Crippen MR) is 84.4 cm³/mol. The Balaban J connectivity index is 1.59. The van der Waals surface area contributed by atoms with Gasteiger partial charge in [0.25, 0.3) is 11.8 Å². The second-order valence-corrected chi connectivity index (χ2v) is 5.47. The first-order valence-corrected chi connectivity index (χ1v) is 7.44. The molecule has 4 heteroatoms. The molecule has 1 heterocycles. The van der Waals surface area contributed by atoms with Crippen LogP contribution in [0.15, 0.2) is 54.6 Å². The van der Waals surface area contributed by atoms with Gasteiger partial charge in [-0.3, -0.25) is 14.5 Å². The normalized spacial score (nSPS) is 15.0. The monoisotopic (exact) mass is 294 g/mol. The van der Waals surface area contributed by atoms with Gasteiger partial charge in [-0.25, -0.2) is 0 Å². The lowest BCUT2D eigenvalue weighted by Gasteiger charge is -2.16. The number of fused-ring (bicyclic) bond motifs is 1. The first kappa shape index (κ1) is 14.5. The zero-order chi connectivity index (χ0) is 15.5. The summed E-state index contributed by atoms with van der Waals surface area (Å²) in [6.07, 6.45) is 1.43. The average molecular weight is 294 g/mol. The zero-order valence-corrected chi connectivity index (χ0v) is 12.2. The Morgan fingerprint density at radius 3 is 2.00 bits per heavy atom. The molecule has 0 fully saturated rings. The van der Waals surface area contributed by atoms with Gasteiger partial charge < -0.3 is 5.73 Å². The zero-order valence-electron chi connectivity index (χ0n) is 12.2. The molecule has 2 aromatic rings. The van der Waals surface area contributed by atoms with Crippen LogP contribution in [0.3, 0.4) is 0 Å². The van der Waals surface area contributed by atoms with Crippen molar-refractivity contribution >= 4 is 11.8 Å². The van der Waals surface area contributed by atoms with Gasteiger partial charge in [-0.05, 0) is 30.5 Å². The fourth-order valence-corrected chi connectivity index (χ4v) is 2.78. The van der Waals surface area contributed by atoms with Crippen LogP contribution >= 0.6 is 0 Å². The van der Waals surface area contributed by atoms with Crippen molar-refractivity contribution in [2.24, 2.45) is 5.73 Å². The molecule has 1 atom stereocenters. The minimum absolute atomic E-state index is 0.0728. The Morgan fingerprint density at radius 2 is 1.41 bits per heavy atom. The Morgan fingerprint density at radius 1 is 0.864 bits per heavy atom. The molecule has 0 aliphatic carbocycles. The van der Waals surface area contributed by atoms with Crippen molar-refractivity contribution in [2.45, 2.75) is 18.9 Å². The number of imide groups is 1. The first-order chi connectivity index (χ1) is 10.7. The minimum Gasteiger partial charge on any atom is -0.324 e. The van der Waals surface area contributed by atoms with E-state index in [1.165, 1.54) is 4.90 Å². The Kier molecular flexibility index (Phi) is 4.02. The van der Waals surface area contributed by atoms with E-state index in [4.69, 9.17) is 5.73 Å². The van der Waals surface area contributed by atoms with E-state index in [1.807, 2.05) is 30.3 Å². The van der Waals surface area contributed by atoms with E-state index < -0.39 is 0 Å². The second kappa shape index (κ2) is 6.12. The number of benzene rings is 2. The third-order valence-electron chi connectivity index (χ3n) is 4.00. The molecule has 2 N–H and O–H groups in total. The largest absolute Gasteiger partial charge is 0.324 e. The van der Waals surface area contributed by atoms with E-state index in [0.29, 0.717) is 24.1 Å². The summed E-state index contributed by atoms with van der Waals surface area (Å²) < 4.78 is 0. The van der Waals surface area contributed by atoms with Crippen molar-refractivity contribution < 1.29 is 9.59 Å². The maximum Gasteiger partial charge on any atom is 0.261 e. The van der Waals surface area contributed by atoms with Gasteiger partial charge in [-0.15, -0.1) is 0 Å². The van der Waals surface area contributed by atoms with Crippen LogP contribution in [-0.2, 0) is 0 Å². The number of carbonyl (C=O) groups excluding carboxylic acids is 2. The number of hydrogen-bond donors (Lipinski definition) is 1. The molecule has 0 spiro atoms. The van der Waals surface area contributed by atoms with Crippen LogP contribution in [0, 0.1) is 0 Å². The fourth-order valence-electron chi connectivity index (χ4n) is 2.78. The molecule has 2 amide bonds. The second-order valence-electron chi connectivity index (χ2n) is 5.47. The molecular formula is C18H18N2O2. The highest BCUT2D eigenvalue weighted by Crippen LogP contribution is 2.23. The molecule has 22 heavy (non-hydrogen) atoms. The quantitative estimate of drug-likeness (QED) is 0.862. The van der Waals surface area contributed by atoms with Crippen LogP contribution in [-0.4, -0.2) is 23.3 Å². The summed E-state index contributed by atoms with van der Waals surface area (Å²) in [6.45, 7) is 0.410. The van der Waals surface area contributed by atoms with Crippen LogP contribution in [0.2, 0.25) is 0 Å². The van der Waals surface area contributed by atoms with E-state index in [-0.39, 0.29) is 17.9 Å². The molecule has 0 bridgehead atoms. The fraction of sp³-hybridized carbons (Fsp3) is 0.222. The standard InChI is InChI=1S/C18H18N2O2/c19-16(13-7-2-1-3-8-13)11-6-12-20-17(21)14-9-4-5-10-15(14)18(20)22/h1-5,7-10,16H,6,11-12,19H2. The van der Waals surface area contributed by atoms with Crippen molar-refractivity contribution in [1.82, 2.24) is 4.90 Å². The van der Waals surface area contributed by atoms with Crippen LogP contribution in [0.4, 0.5) is 0 Å². The minimum atomic E-state index is -0.200. The van der Waals surface area contributed by atoms with E-state index in [2.05, 4.69) is 0 Å². The topological polar surface area (TPSA) is 63.4 Å². The number of rotatable bonds is 5. The number of hydrogen-bond acceptors (Lipinski definition) is 3. The molecule has 3 rings (SSSR count). The first-order valence-electron chi connectivity index (χ1n) is 7.44. The van der Waals surface area contributed by atoms with Crippen molar-refractivity contribution in [1.29, 1.82) is 0 Å². The molecule has 1 aliphatic rings. The predicted octanol–water partition coefficient (Wildman–Crippen LogP) is 2.76. The van der Waals surface area contributed by atoms with Crippen LogP contribution in [0.5, 0.6) is 0 Å². The van der Waals surface area contributed by atoms with Gasteiger partial charge >= 0.3 is 0 Å². The molecule has 1 unspecified atom stereocenters. The van der Waals surface area contributed by atoms with E-state index >= 15 is 0 Å². The van der Waals surface area contributed by atoms with Crippen molar-refractivity contribution in [3.05, 3.63) is 71.3 Å². The summed E-state index contributed by atoms with van der Waals surface area (Å²) in [5, 5.41) is 0. The number of amides is 2. The van der Waals surface area contributed by atoms with Gasteiger partial charge in [0.15, 0.2) is 0 Å². The molecular weight excluding hydrogens is 276 g/mol. The molecule has 1 aliphatic heterocycles. The Labute approximate surface area is 129 Å². The summed E-state index contributed by atoms with van der Waals surface area (Å²) in [7, 11) is 0. The molecule has 0 aromatic heterocycles. The highest BCUT2D eigenvalue weighted by atomic mass is 16.2. The molecule has 4 nitrogen and oxygen atoms in total. The van der Waals surface area contributed by atoms with Crippen molar-refractivity contribution in [2.75, 3.05) is 6.54 Å². The van der Waals surface area contributed by atoms with Gasteiger partial charge in [0.2, 0.25) is 0 Å². The highest BCUT2D eigenvalue weighted by molar-refractivity contribution is 6.21. The van der Waals surface area contributed by atoms with E-state index in [0.717, 1.165) is 12.0 Å². The molecule has 0 saturated carbocycles. The SMILES string of the molecule is NC(CCCN1C(=O)c2ccccc2C1=O)c1ccccc1. The van der Waals surface area contributed by atoms with Gasteiger partial charge in [0.05, 0.1) is 11.1 Å². The van der Waals surface area contributed by atoms with Crippen molar-refractivity contribution in [3.63, 3.8) is 0 Å². The summed E-state index contributed by atoms with van der Waals surface area (Å²) in [5.41, 5.74) is 8.22. The maximum atomic E-state index is 12.2. The summed E-state index contributed by atoms with van der Waals surface area (Å²) in [5.74, 6) is -0.400. The smallest absolute Gasteiger partial charge is 0.261 e. The van der Waals surface area contributed by atoms with Crippen LogP contribution in [0.1, 0.15) is 45.2 Å². The molecule has 0 radical (unpaired) electrons. The number of nitrogens with two attached hydrogens (primary N) is 1. The van der Waals surface area contributed by atoms with Gasteiger partial charge in [0.1, 0.15) is 0 Å². The number of nitrogens with zero attached hydrogens (tertiary/aromatic N) is 1. The molecule has 0 saturated heterocycles. The van der Waals surface area contributed by atoms with Crippen molar-refractivity contribution in [3.8, 4) is 0 Å². The van der Waals surface area contributed by atoms with Gasteiger partial charge in [0, 0.05) is 12.6 Å². The summed E-state index contributed by atoms with van der Waals surface area (Å²) in [6, 6.07) is 16.7. The lowest BCUT2D eigenvalue weighted by molar-refractivity contribution is 0.0651. The lowest BCUT2D eigenvalue weighted by atomic mass is 10.0. The van der Waals surface area contributed by atoms with Crippen LogP contribution in [0.25, 0.3) is 0 Å². The average Bonchev–Trinajstić information content (AvgIpc) is 2.81. The Bertz CT molecular complexity index is 662. The van der Waals surface area contributed by atoms with Crippen LogP contribution < -0.4 is 5.73 Å². The summed E-state index contributed by atoms with van der Waals surface area (Å²) >= 11 is 0. The van der Waals surface area contributed by atoms with E-state index in [9.17, 15) is 9.59 Å². The molecule has 2 aromatic carbocycles. The Hall–Kier alpha value is -2.46. The highest BCUT2D eigenvalue weighted by Gasteiger charge is 2.34. The van der Waals surface area contributed by atoms with E-state index in [1.54, 1.807) is 24.3 Å². The third-order valence-corrected chi connectivity index (χ3v) is 4.00. The third kappa shape index (κ3) is 2.65.